The van der Waals surface area contributed by atoms with Crippen LogP contribution in [0.5, 0.6) is 0 Å². The number of rotatable bonds is 5. The minimum absolute atomic E-state index is 0.178. The molecule has 0 aliphatic carbocycles. The van der Waals surface area contributed by atoms with Gasteiger partial charge >= 0.3 is 12.2 Å². The fourth-order valence-corrected chi connectivity index (χ4v) is 1.23. The molecule has 0 fully saturated rings. The summed E-state index contributed by atoms with van der Waals surface area (Å²) in [7, 11) is 0. The molecule has 0 atom stereocenters. The molecule has 2 amide bonds. The molecule has 100 valence electrons. The van der Waals surface area contributed by atoms with Gasteiger partial charge in [-0.15, -0.1) is 0 Å². The van der Waals surface area contributed by atoms with E-state index in [4.69, 9.17) is 23.2 Å². The molecule has 0 spiro atoms. The van der Waals surface area contributed by atoms with E-state index in [1.807, 2.05) is 0 Å². The Morgan fingerprint density at radius 2 is 1.53 bits per heavy atom. The predicted molar refractivity (Wildman–Crippen MR) is 67.5 cm³/mol. The second-order valence-corrected chi connectivity index (χ2v) is 6.25. The molecule has 0 saturated heterocycles. The Morgan fingerprint density at radius 3 is 1.76 bits per heavy atom. The van der Waals surface area contributed by atoms with Crippen LogP contribution >= 0.6 is 39.1 Å². The minimum atomic E-state index is -1.59. The van der Waals surface area contributed by atoms with Crippen molar-refractivity contribution in [3.05, 3.63) is 0 Å². The molecular formula is C8H13BrCl2N2O4. The Bertz CT molecular complexity index is 253. The number of alkyl carbamates (subject to hydrolysis) is 2. The smallest absolute Gasteiger partial charge is 0.408 e. The number of nitrogens with one attached hydrogen (secondary N) is 2. The van der Waals surface area contributed by atoms with Crippen LogP contribution in [0.15, 0.2) is 0 Å². The zero-order valence-corrected chi connectivity index (χ0v) is 12.4. The molecule has 0 rings (SSSR count). The summed E-state index contributed by atoms with van der Waals surface area (Å²) in [5.41, 5.74) is 0. The van der Waals surface area contributed by atoms with E-state index < -0.39 is 21.6 Å². The summed E-state index contributed by atoms with van der Waals surface area (Å²) in [4.78, 5) is 22.4. The summed E-state index contributed by atoms with van der Waals surface area (Å²) >= 11 is 14.4. The summed E-state index contributed by atoms with van der Waals surface area (Å²) in [5.74, 6) is 0. The zero-order chi connectivity index (χ0) is 13.5. The third-order valence-corrected chi connectivity index (χ3v) is 2.30. The van der Waals surface area contributed by atoms with Crippen molar-refractivity contribution in [2.75, 3.05) is 13.2 Å². The number of hydrogen-bond donors (Lipinski definition) is 2. The normalized spacial score (nSPS) is 10.9. The lowest BCUT2D eigenvalue weighted by Gasteiger charge is -2.25. The summed E-state index contributed by atoms with van der Waals surface area (Å²) in [6, 6.07) is 0. The molecule has 0 aliphatic heterocycles. The number of amides is 2. The third kappa shape index (κ3) is 7.51. The van der Waals surface area contributed by atoms with E-state index in [0.717, 1.165) is 0 Å². The van der Waals surface area contributed by atoms with E-state index in [1.165, 1.54) is 0 Å². The average molecular weight is 352 g/mol. The molecule has 0 aromatic carbocycles. The fourth-order valence-electron chi connectivity index (χ4n) is 0.781. The van der Waals surface area contributed by atoms with Gasteiger partial charge in [0.1, 0.15) is 0 Å². The average Bonchev–Trinajstić information content (AvgIpc) is 2.16. The lowest BCUT2D eigenvalue weighted by molar-refractivity contribution is 0.135. The quantitative estimate of drug-likeness (QED) is 0.588. The molecule has 2 N–H and O–H groups in total. The van der Waals surface area contributed by atoms with E-state index >= 15 is 0 Å². The summed E-state index contributed by atoms with van der Waals surface area (Å²) in [6.07, 6.45) is -2.64. The third-order valence-electron chi connectivity index (χ3n) is 1.40. The maximum atomic E-state index is 11.2. The van der Waals surface area contributed by atoms with Crippen molar-refractivity contribution in [1.82, 2.24) is 10.6 Å². The first kappa shape index (κ1) is 16.6. The van der Waals surface area contributed by atoms with Gasteiger partial charge in [-0.25, -0.2) is 9.59 Å². The van der Waals surface area contributed by atoms with Crippen LogP contribution in [0.4, 0.5) is 9.59 Å². The zero-order valence-electron chi connectivity index (χ0n) is 9.26. The van der Waals surface area contributed by atoms with Gasteiger partial charge in [0.25, 0.3) is 0 Å². The number of ether oxygens (including phenoxy) is 2. The van der Waals surface area contributed by atoms with Crippen LogP contribution in [0.2, 0.25) is 0 Å². The molecule has 0 saturated carbocycles. The Hall–Kier alpha value is -0.400. The van der Waals surface area contributed by atoms with Gasteiger partial charge in [0.15, 0.2) is 6.17 Å². The van der Waals surface area contributed by atoms with Crippen molar-refractivity contribution in [3.8, 4) is 0 Å². The SMILES string of the molecule is CCOC(=O)NC(NC(=O)OCC)C(Cl)(Cl)Br. The number of halogens is 3. The van der Waals surface area contributed by atoms with E-state index in [2.05, 4.69) is 36.0 Å². The second kappa shape index (κ2) is 7.84. The Labute approximate surface area is 117 Å². The van der Waals surface area contributed by atoms with Gasteiger partial charge in [0.2, 0.25) is 3.24 Å². The highest BCUT2D eigenvalue weighted by atomic mass is 79.9. The molecule has 17 heavy (non-hydrogen) atoms. The highest BCUT2D eigenvalue weighted by molar-refractivity contribution is 9.11. The number of hydrogen-bond acceptors (Lipinski definition) is 4. The van der Waals surface area contributed by atoms with Crippen LogP contribution in [-0.4, -0.2) is 34.8 Å². The van der Waals surface area contributed by atoms with Gasteiger partial charge in [-0.1, -0.05) is 23.2 Å². The molecule has 0 radical (unpaired) electrons. The largest absolute Gasteiger partial charge is 0.450 e. The van der Waals surface area contributed by atoms with Crippen molar-refractivity contribution in [1.29, 1.82) is 0 Å². The Morgan fingerprint density at radius 1 is 1.18 bits per heavy atom. The second-order valence-electron chi connectivity index (χ2n) is 2.70. The molecule has 0 aromatic rings. The highest BCUT2D eigenvalue weighted by Crippen LogP contribution is 2.31. The molecule has 0 bridgehead atoms. The maximum Gasteiger partial charge on any atom is 0.408 e. The first-order chi connectivity index (χ1) is 7.81. The van der Waals surface area contributed by atoms with Gasteiger partial charge in [0.05, 0.1) is 13.2 Å². The molecule has 6 nitrogen and oxygen atoms in total. The van der Waals surface area contributed by atoms with Gasteiger partial charge in [-0.05, 0) is 29.8 Å². The summed E-state index contributed by atoms with van der Waals surface area (Å²) in [6.45, 7) is 3.63. The van der Waals surface area contributed by atoms with Crippen LogP contribution in [0.3, 0.4) is 0 Å². The Kier molecular flexibility index (Phi) is 7.65. The molecule has 0 aliphatic rings. The van der Waals surface area contributed by atoms with Gasteiger partial charge in [-0.3, -0.25) is 10.6 Å². The molecule has 0 unspecified atom stereocenters. The predicted octanol–water partition coefficient (Wildman–Crippen LogP) is 2.33. The number of carbonyl (C=O) groups is 2. The first-order valence-corrected chi connectivity index (χ1v) is 6.29. The monoisotopic (exact) mass is 350 g/mol. The lowest BCUT2D eigenvalue weighted by atomic mass is 10.5. The fraction of sp³-hybridized carbons (Fsp3) is 0.750. The molecule has 9 heteroatoms. The van der Waals surface area contributed by atoms with Crippen molar-refractivity contribution in [2.45, 2.75) is 23.3 Å². The van der Waals surface area contributed by atoms with Gasteiger partial charge < -0.3 is 9.47 Å². The first-order valence-electron chi connectivity index (χ1n) is 4.74. The van der Waals surface area contributed by atoms with E-state index in [0.29, 0.717) is 0 Å². The number of alkyl halides is 3. The van der Waals surface area contributed by atoms with Crippen LogP contribution in [0.1, 0.15) is 13.8 Å². The van der Waals surface area contributed by atoms with Crippen molar-refractivity contribution < 1.29 is 19.1 Å². The van der Waals surface area contributed by atoms with E-state index in [1.54, 1.807) is 13.8 Å². The topological polar surface area (TPSA) is 76.7 Å². The highest BCUT2D eigenvalue weighted by Gasteiger charge is 2.35. The van der Waals surface area contributed by atoms with E-state index in [-0.39, 0.29) is 13.2 Å². The van der Waals surface area contributed by atoms with Crippen LogP contribution in [0.25, 0.3) is 0 Å². The lowest BCUT2D eigenvalue weighted by Crippen LogP contribution is -2.55. The summed E-state index contributed by atoms with van der Waals surface area (Å²) < 4.78 is 7.67. The number of carbonyl (C=O) groups excluding carboxylic acids is 2. The van der Waals surface area contributed by atoms with Gasteiger partial charge in [0, 0.05) is 0 Å². The van der Waals surface area contributed by atoms with Crippen LogP contribution in [-0.2, 0) is 9.47 Å². The van der Waals surface area contributed by atoms with Gasteiger partial charge in [-0.2, -0.15) is 0 Å². The van der Waals surface area contributed by atoms with Crippen molar-refractivity contribution in [2.24, 2.45) is 0 Å². The molecule has 0 aromatic heterocycles. The van der Waals surface area contributed by atoms with Crippen molar-refractivity contribution >= 4 is 51.3 Å². The molecular weight excluding hydrogens is 339 g/mol. The standard InChI is InChI=1S/C8H13BrCl2N2O4/c1-3-16-6(14)12-5(8(9,10)11)13-7(15)17-4-2/h5H,3-4H2,1-2H3,(H,12,14)(H,13,15). The minimum Gasteiger partial charge on any atom is -0.450 e. The van der Waals surface area contributed by atoms with Crippen LogP contribution < -0.4 is 10.6 Å². The molecule has 0 heterocycles. The maximum absolute atomic E-state index is 11.2. The summed E-state index contributed by atoms with van der Waals surface area (Å²) in [5, 5.41) is 4.53. The van der Waals surface area contributed by atoms with Crippen LogP contribution in [0, 0.1) is 0 Å². The van der Waals surface area contributed by atoms with E-state index in [9.17, 15) is 9.59 Å². The Balaban J connectivity index is 4.45. The van der Waals surface area contributed by atoms with Crippen molar-refractivity contribution in [3.63, 3.8) is 0 Å².